The molecule has 0 spiro atoms. The van der Waals surface area contributed by atoms with E-state index in [1.165, 1.54) is 0 Å². The third kappa shape index (κ3) is 6.48. The zero-order valence-electron chi connectivity index (χ0n) is 22.8. The highest BCUT2D eigenvalue weighted by Gasteiger charge is 2.48. The largest absolute Gasteiger partial charge is 0.481 e. The van der Waals surface area contributed by atoms with Crippen molar-refractivity contribution in [2.45, 2.75) is 49.8 Å². The van der Waals surface area contributed by atoms with Crippen molar-refractivity contribution in [3.8, 4) is 28.4 Å². The topological polar surface area (TPSA) is 176 Å². The molecule has 12 nitrogen and oxygen atoms in total. The molecule has 0 bridgehead atoms. The third-order valence-corrected chi connectivity index (χ3v) is 7.82. The van der Waals surface area contributed by atoms with Crippen LogP contribution in [0.2, 0.25) is 5.02 Å². The first-order valence-electron chi connectivity index (χ1n) is 13.7. The van der Waals surface area contributed by atoms with Gasteiger partial charge in [-0.1, -0.05) is 60.1 Å². The Balaban J connectivity index is 1.12. The van der Waals surface area contributed by atoms with E-state index in [-0.39, 0.29) is 38.2 Å². The van der Waals surface area contributed by atoms with Crippen molar-refractivity contribution in [3.05, 3.63) is 65.2 Å². The lowest BCUT2D eigenvalue weighted by molar-refractivity contribution is -0.139. The summed E-state index contributed by atoms with van der Waals surface area (Å²) in [5.74, 6) is -2.10. The Morgan fingerprint density at radius 2 is 1.58 bits per heavy atom. The van der Waals surface area contributed by atoms with E-state index in [9.17, 15) is 14.7 Å². The van der Waals surface area contributed by atoms with Crippen LogP contribution in [0.4, 0.5) is 0 Å². The Kier molecular flexibility index (Phi) is 8.28. The maximum Gasteiger partial charge on any atom is 0.304 e. The molecule has 5 N–H and O–H groups in total. The van der Waals surface area contributed by atoms with Gasteiger partial charge in [0.05, 0.1) is 42.3 Å². The van der Waals surface area contributed by atoms with E-state index < -0.39 is 36.3 Å². The molecule has 0 radical (unpaired) electrons. The van der Waals surface area contributed by atoms with Gasteiger partial charge in [0.2, 0.25) is 0 Å². The first-order valence-corrected chi connectivity index (χ1v) is 14.1. The zero-order valence-corrected chi connectivity index (χ0v) is 23.5. The van der Waals surface area contributed by atoms with E-state index in [4.69, 9.17) is 36.0 Å². The SMILES string of the molecule is O=C(O)CC(CC(=O)O)NCc1ccc(-c2ccc(-c3nc4nc(O[C@@H]5CO[C@H]6[C@@H]5OC[C@H]6O)[nH]c4cc3Cl)cc2)cc1. The standard InChI is InChI=1S/C30H29ClN4O8/c31-20-11-21-29(35-30(33-21)43-23-14-42-27-22(36)13-41-28(23)27)34-26(20)18-7-5-17(6-8-18)16-3-1-15(2-4-16)12-32-19(9-24(37)38)10-25(39)40/h1-8,11,19,22-23,27-28,32,36H,9-10,12-14H2,(H,37,38)(H,39,40)(H,33,34,35)/t22-,23-,27-,28-/m1/s1. The van der Waals surface area contributed by atoms with Gasteiger partial charge in [0.15, 0.2) is 11.8 Å². The number of aliphatic hydroxyl groups excluding tert-OH is 1. The monoisotopic (exact) mass is 608 g/mol. The second-order valence-corrected chi connectivity index (χ2v) is 11.0. The van der Waals surface area contributed by atoms with Crippen molar-refractivity contribution in [3.63, 3.8) is 0 Å². The van der Waals surface area contributed by atoms with Crippen molar-refractivity contribution < 1.29 is 39.1 Å². The van der Waals surface area contributed by atoms with Crippen LogP contribution in [0.15, 0.2) is 54.6 Å². The number of aliphatic hydroxyl groups is 1. The van der Waals surface area contributed by atoms with Crippen LogP contribution in [0, 0.1) is 0 Å². The van der Waals surface area contributed by atoms with Crippen LogP contribution in [-0.4, -0.2) is 85.9 Å². The molecule has 2 aromatic carbocycles. The van der Waals surface area contributed by atoms with Crippen molar-refractivity contribution in [2.24, 2.45) is 0 Å². The first-order chi connectivity index (χ1) is 20.7. The fraction of sp³-hybridized carbons (Fsp3) is 0.333. The highest BCUT2D eigenvalue weighted by atomic mass is 35.5. The van der Waals surface area contributed by atoms with Crippen molar-refractivity contribution in [1.82, 2.24) is 20.3 Å². The molecule has 0 saturated carbocycles. The Bertz CT molecular complexity index is 1610. The van der Waals surface area contributed by atoms with Gasteiger partial charge in [0, 0.05) is 18.2 Å². The Hall–Kier alpha value is -4.07. The predicted molar refractivity (Wildman–Crippen MR) is 155 cm³/mol. The number of halogens is 1. The molecule has 2 aliphatic heterocycles. The van der Waals surface area contributed by atoms with Gasteiger partial charge < -0.3 is 39.8 Å². The lowest BCUT2D eigenvalue weighted by Gasteiger charge is -2.15. The van der Waals surface area contributed by atoms with Crippen LogP contribution >= 0.6 is 11.6 Å². The lowest BCUT2D eigenvalue weighted by atomic mass is 10.0. The van der Waals surface area contributed by atoms with E-state index in [2.05, 4.69) is 20.3 Å². The Labute approximate surface area is 250 Å². The van der Waals surface area contributed by atoms with Crippen molar-refractivity contribution >= 4 is 34.7 Å². The molecule has 0 unspecified atom stereocenters. The number of carboxylic acids is 2. The second kappa shape index (κ2) is 12.3. The molecule has 224 valence electrons. The van der Waals surface area contributed by atoms with E-state index in [0.717, 1.165) is 22.3 Å². The number of rotatable bonds is 11. The summed E-state index contributed by atoms with van der Waals surface area (Å²) in [6.45, 7) is 0.850. The molecule has 43 heavy (non-hydrogen) atoms. The van der Waals surface area contributed by atoms with Crippen LogP contribution in [0.25, 0.3) is 33.5 Å². The molecule has 6 rings (SSSR count). The van der Waals surface area contributed by atoms with Gasteiger partial charge >= 0.3 is 11.9 Å². The van der Waals surface area contributed by atoms with Gasteiger partial charge in [0.25, 0.3) is 6.01 Å². The van der Waals surface area contributed by atoms with Gasteiger partial charge in [-0.15, -0.1) is 0 Å². The summed E-state index contributed by atoms with van der Waals surface area (Å²) in [5.41, 5.74) is 5.30. The predicted octanol–water partition coefficient (Wildman–Crippen LogP) is 3.26. The number of fused-ring (bicyclic) bond motifs is 2. The van der Waals surface area contributed by atoms with Gasteiger partial charge in [-0.3, -0.25) is 9.59 Å². The molecule has 13 heteroatoms. The van der Waals surface area contributed by atoms with E-state index >= 15 is 0 Å². The molecule has 2 aliphatic rings. The number of benzene rings is 2. The average Bonchev–Trinajstić information content (AvgIpc) is 3.67. The summed E-state index contributed by atoms with van der Waals surface area (Å²) in [6.07, 6.45) is -2.37. The zero-order chi connectivity index (χ0) is 30.1. The summed E-state index contributed by atoms with van der Waals surface area (Å²) in [4.78, 5) is 34.3. The minimum absolute atomic E-state index is 0.212. The summed E-state index contributed by atoms with van der Waals surface area (Å²) in [7, 11) is 0. The number of ether oxygens (including phenoxy) is 3. The number of carboxylic acid groups (broad SMARTS) is 2. The van der Waals surface area contributed by atoms with Crippen LogP contribution < -0.4 is 10.1 Å². The number of hydrogen-bond donors (Lipinski definition) is 5. The summed E-state index contributed by atoms with van der Waals surface area (Å²) in [6, 6.07) is 16.9. The maximum atomic E-state index is 11.0. The number of carbonyl (C=O) groups is 2. The molecule has 2 aromatic heterocycles. The number of aliphatic carboxylic acids is 2. The quantitative estimate of drug-likeness (QED) is 0.169. The number of aromatic nitrogens is 3. The number of imidazole rings is 1. The van der Waals surface area contributed by atoms with Gasteiger partial charge in [0.1, 0.15) is 18.3 Å². The minimum Gasteiger partial charge on any atom is -0.481 e. The molecule has 4 aromatic rings. The highest BCUT2D eigenvalue weighted by Crippen LogP contribution is 2.33. The van der Waals surface area contributed by atoms with Gasteiger partial charge in [-0.05, 0) is 22.8 Å². The van der Waals surface area contributed by atoms with Crippen LogP contribution in [-0.2, 0) is 25.6 Å². The fourth-order valence-electron chi connectivity index (χ4n) is 5.38. The highest BCUT2D eigenvalue weighted by molar-refractivity contribution is 6.33. The molecule has 4 atom stereocenters. The summed E-state index contributed by atoms with van der Waals surface area (Å²) < 4.78 is 17.2. The van der Waals surface area contributed by atoms with E-state index in [0.29, 0.717) is 28.4 Å². The molecule has 2 fully saturated rings. The molecule has 4 heterocycles. The molecular weight excluding hydrogens is 580 g/mol. The number of nitrogens with zero attached hydrogens (tertiary/aromatic N) is 2. The molecule has 0 aliphatic carbocycles. The Morgan fingerprint density at radius 1 is 0.953 bits per heavy atom. The lowest BCUT2D eigenvalue weighted by Crippen LogP contribution is -2.34. The maximum absolute atomic E-state index is 11.0. The third-order valence-electron chi connectivity index (χ3n) is 7.53. The van der Waals surface area contributed by atoms with E-state index in [1.54, 1.807) is 6.07 Å². The fourth-order valence-corrected chi connectivity index (χ4v) is 5.64. The van der Waals surface area contributed by atoms with Gasteiger partial charge in [-0.25, -0.2) is 4.98 Å². The second-order valence-electron chi connectivity index (χ2n) is 10.6. The smallest absolute Gasteiger partial charge is 0.304 e. The number of hydrogen-bond acceptors (Lipinski definition) is 9. The normalized spacial score (nSPS) is 21.4. The molecule has 0 amide bonds. The number of aromatic amines is 1. The number of nitrogens with one attached hydrogen (secondary N) is 2. The van der Waals surface area contributed by atoms with Crippen LogP contribution in [0.3, 0.4) is 0 Å². The number of pyridine rings is 1. The van der Waals surface area contributed by atoms with Gasteiger partial charge in [-0.2, -0.15) is 4.98 Å². The van der Waals surface area contributed by atoms with Crippen LogP contribution in [0.1, 0.15) is 18.4 Å². The van der Waals surface area contributed by atoms with Crippen molar-refractivity contribution in [2.75, 3.05) is 13.2 Å². The summed E-state index contributed by atoms with van der Waals surface area (Å²) in [5, 5.41) is 31.5. The molecular formula is C30H29ClN4O8. The Morgan fingerprint density at radius 3 is 2.26 bits per heavy atom. The first kappa shape index (κ1) is 29.0. The van der Waals surface area contributed by atoms with Crippen molar-refractivity contribution in [1.29, 1.82) is 0 Å². The van der Waals surface area contributed by atoms with Crippen LogP contribution in [0.5, 0.6) is 6.01 Å². The van der Waals surface area contributed by atoms with E-state index in [1.807, 2.05) is 48.5 Å². The average molecular weight is 609 g/mol. The molecule has 2 saturated heterocycles. The minimum atomic E-state index is -1.05. The number of H-pyrrole nitrogens is 1. The summed E-state index contributed by atoms with van der Waals surface area (Å²) >= 11 is 6.60.